The first kappa shape index (κ1) is 11.3. The second-order valence-corrected chi connectivity index (χ2v) is 3.50. The molecule has 17 heavy (non-hydrogen) atoms. The fourth-order valence-corrected chi connectivity index (χ4v) is 1.43. The normalized spacial score (nSPS) is 10.4. The van der Waals surface area contributed by atoms with Crippen molar-refractivity contribution in [2.24, 2.45) is 0 Å². The Morgan fingerprint density at radius 1 is 1.41 bits per heavy atom. The number of aliphatic carboxylic acids is 1. The molecule has 0 bridgehead atoms. The summed E-state index contributed by atoms with van der Waals surface area (Å²) in [6.45, 7) is 0. The highest BCUT2D eigenvalue weighted by atomic mass is 19.1. The van der Waals surface area contributed by atoms with Crippen molar-refractivity contribution in [2.75, 3.05) is 0 Å². The van der Waals surface area contributed by atoms with Crippen LogP contribution in [0.5, 0.6) is 0 Å². The minimum Gasteiger partial charge on any atom is -0.481 e. The van der Waals surface area contributed by atoms with Crippen molar-refractivity contribution >= 4 is 5.97 Å². The summed E-state index contributed by atoms with van der Waals surface area (Å²) in [6.07, 6.45) is 1.47. The smallest absolute Gasteiger partial charge is 0.303 e. The van der Waals surface area contributed by atoms with E-state index in [0.717, 1.165) is 0 Å². The van der Waals surface area contributed by atoms with Gasteiger partial charge in [0.15, 0.2) is 5.89 Å². The van der Waals surface area contributed by atoms with Gasteiger partial charge in [-0.3, -0.25) is 4.79 Å². The molecule has 4 nitrogen and oxygen atoms in total. The summed E-state index contributed by atoms with van der Waals surface area (Å²) >= 11 is 0. The van der Waals surface area contributed by atoms with Gasteiger partial charge in [0.2, 0.25) is 0 Å². The molecule has 2 rings (SSSR count). The minimum atomic E-state index is -0.921. The minimum absolute atomic E-state index is 0.0583. The van der Waals surface area contributed by atoms with Crippen LogP contribution in [0.2, 0.25) is 0 Å². The van der Waals surface area contributed by atoms with Crippen molar-refractivity contribution in [3.63, 3.8) is 0 Å². The van der Waals surface area contributed by atoms with Gasteiger partial charge in [0.1, 0.15) is 17.8 Å². The monoisotopic (exact) mass is 235 g/mol. The maximum absolute atomic E-state index is 13.4. The molecule has 0 spiro atoms. The summed E-state index contributed by atoms with van der Waals surface area (Å²) < 4.78 is 18.5. The van der Waals surface area contributed by atoms with E-state index in [1.807, 2.05) is 0 Å². The highest BCUT2D eigenvalue weighted by molar-refractivity contribution is 5.67. The number of carboxylic acids is 1. The number of rotatable bonds is 4. The lowest BCUT2D eigenvalue weighted by molar-refractivity contribution is -0.137. The van der Waals surface area contributed by atoms with Crippen LogP contribution in [0.3, 0.4) is 0 Å². The van der Waals surface area contributed by atoms with Gasteiger partial charge in [-0.25, -0.2) is 9.37 Å². The lowest BCUT2D eigenvalue weighted by Gasteiger charge is -1.96. The van der Waals surface area contributed by atoms with E-state index in [9.17, 15) is 9.18 Å². The van der Waals surface area contributed by atoms with Crippen LogP contribution in [-0.2, 0) is 11.2 Å². The molecule has 0 radical (unpaired) electrons. The van der Waals surface area contributed by atoms with Crippen molar-refractivity contribution in [3.05, 3.63) is 42.2 Å². The zero-order valence-corrected chi connectivity index (χ0v) is 8.89. The van der Waals surface area contributed by atoms with Gasteiger partial charge in [-0.2, -0.15) is 0 Å². The van der Waals surface area contributed by atoms with Gasteiger partial charge in [-0.05, 0) is 12.1 Å². The molecule has 0 saturated carbocycles. The number of halogens is 1. The van der Waals surface area contributed by atoms with Crippen LogP contribution in [-0.4, -0.2) is 16.1 Å². The topological polar surface area (TPSA) is 63.3 Å². The van der Waals surface area contributed by atoms with Crippen LogP contribution in [0, 0.1) is 5.82 Å². The van der Waals surface area contributed by atoms with Crippen molar-refractivity contribution < 1.29 is 18.7 Å². The molecule has 2 aromatic rings. The molecule has 0 unspecified atom stereocenters. The Bertz CT molecular complexity index is 536. The maximum atomic E-state index is 13.4. The number of hydrogen-bond acceptors (Lipinski definition) is 3. The molecule has 1 aromatic carbocycles. The number of aromatic nitrogens is 1. The second-order valence-electron chi connectivity index (χ2n) is 3.50. The average Bonchev–Trinajstić information content (AvgIpc) is 2.75. The van der Waals surface area contributed by atoms with Gasteiger partial charge in [0, 0.05) is 12.0 Å². The number of aryl methyl sites for hydroxylation is 1. The first-order valence-electron chi connectivity index (χ1n) is 5.08. The second kappa shape index (κ2) is 4.78. The molecule has 0 aliphatic carbocycles. The van der Waals surface area contributed by atoms with E-state index in [1.165, 1.54) is 12.3 Å². The van der Waals surface area contributed by atoms with E-state index in [1.54, 1.807) is 18.2 Å². The molecule has 0 saturated heterocycles. The van der Waals surface area contributed by atoms with Gasteiger partial charge >= 0.3 is 5.97 Å². The van der Waals surface area contributed by atoms with Crippen molar-refractivity contribution in [2.45, 2.75) is 12.8 Å². The van der Waals surface area contributed by atoms with Gasteiger partial charge in [-0.1, -0.05) is 12.1 Å². The lowest BCUT2D eigenvalue weighted by Crippen LogP contribution is -1.97. The highest BCUT2D eigenvalue weighted by Gasteiger charge is 2.10. The van der Waals surface area contributed by atoms with Crippen LogP contribution < -0.4 is 0 Å². The average molecular weight is 235 g/mol. The third-order valence-corrected chi connectivity index (χ3v) is 2.25. The molecule has 88 valence electrons. The Kier molecular flexibility index (Phi) is 3.18. The third-order valence-electron chi connectivity index (χ3n) is 2.25. The Morgan fingerprint density at radius 2 is 2.18 bits per heavy atom. The number of benzene rings is 1. The molecule has 5 heteroatoms. The van der Waals surface area contributed by atoms with Crippen LogP contribution in [0.25, 0.3) is 11.3 Å². The SMILES string of the molecule is O=C(O)CCc1nc(-c2ccccc2F)co1. The largest absolute Gasteiger partial charge is 0.481 e. The molecule has 0 fully saturated rings. The number of carboxylic acid groups (broad SMARTS) is 1. The standard InChI is InChI=1S/C12H10FNO3/c13-9-4-2-1-3-8(9)10-7-17-11(14-10)5-6-12(15)16/h1-4,7H,5-6H2,(H,15,16). The predicted molar refractivity (Wildman–Crippen MR) is 57.9 cm³/mol. The van der Waals surface area contributed by atoms with E-state index >= 15 is 0 Å². The molecule has 0 amide bonds. The summed E-state index contributed by atoms with van der Waals surface area (Å²) in [5.41, 5.74) is 0.723. The summed E-state index contributed by atoms with van der Waals surface area (Å²) in [5.74, 6) is -1.01. The summed E-state index contributed by atoms with van der Waals surface area (Å²) in [6, 6.07) is 6.21. The number of carbonyl (C=O) groups is 1. The summed E-state index contributed by atoms with van der Waals surface area (Å²) in [4.78, 5) is 14.4. The molecule has 1 heterocycles. The summed E-state index contributed by atoms with van der Waals surface area (Å²) in [7, 11) is 0. The molecule has 0 atom stereocenters. The van der Waals surface area contributed by atoms with Gasteiger partial charge in [-0.15, -0.1) is 0 Å². The van der Waals surface area contributed by atoms with Gasteiger partial charge in [0.25, 0.3) is 0 Å². The molecule has 1 aromatic heterocycles. The van der Waals surface area contributed by atoms with Crippen LogP contribution in [0.4, 0.5) is 4.39 Å². The van der Waals surface area contributed by atoms with Crippen LogP contribution in [0.15, 0.2) is 34.9 Å². The Hall–Kier alpha value is -2.17. The van der Waals surface area contributed by atoms with E-state index in [2.05, 4.69) is 4.98 Å². The van der Waals surface area contributed by atoms with Crippen LogP contribution >= 0.6 is 0 Å². The quantitative estimate of drug-likeness (QED) is 0.884. The molecular weight excluding hydrogens is 225 g/mol. The molecule has 1 N–H and O–H groups in total. The van der Waals surface area contributed by atoms with Crippen molar-refractivity contribution in [1.29, 1.82) is 0 Å². The fourth-order valence-electron chi connectivity index (χ4n) is 1.43. The lowest BCUT2D eigenvalue weighted by atomic mass is 10.1. The van der Waals surface area contributed by atoms with E-state index in [4.69, 9.17) is 9.52 Å². The zero-order chi connectivity index (χ0) is 12.3. The number of hydrogen-bond donors (Lipinski definition) is 1. The highest BCUT2D eigenvalue weighted by Crippen LogP contribution is 2.21. The van der Waals surface area contributed by atoms with Gasteiger partial charge in [0.05, 0.1) is 6.42 Å². The van der Waals surface area contributed by atoms with E-state index < -0.39 is 5.97 Å². The Morgan fingerprint density at radius 3 is 2.88 bits per heavy atom. The van der Waals surface area contributed by atoms with Gasteiger partial charge < -0.3 is 9.52 Å². The third kappa shape index (κ3) is 2.69. The van der Waals surface area contributed by atoms with Crippen molar-refractivity contribution in [3.8, 4) is 11.3 Å². The first-order chi connectivity index (χ1) is 8.16. The maximum Gasteiger partial charge on any atom is 0.303 e. The number of nitrogens with zero attached hydrogens (tertiary/aromatic N) is 1. The fraction of sp³-hybridized carbons (Fsp3) is 0.167. The first-order valence-corrected chi connectivity index (χ1v) is 5.08. The van der Waals surface area contributed by atoms with Crippen molar-refractivity contribution in [1.82, 2.24) is 4.98 Å². The van der Waals surface area contributed by atoms with Crippen LogP contribution in [0.1, 0.15) is 12.3 Å². The predicted octanol–water partition coefficient (Wildman–Crippen LogP) is 2.50. The molecular formula is C12H10FNO3. The summed E-state index contributed by atoms with van der Waals surface area (Å²) in [5, 5.41) is 8.51. The van der Waals surface area contributed by atoms with E-state index in [-0.39, 0.29) is 18.7 Å². The Labute approximate surface area is 96.7 Å². The number of oxazole rings is 1. The van der Waals surface area contributed by atoms with E-state index in [0.29, 0.717) is 17.1 Å². The molecule has 0 aliphatic rings. The molecule has 0 aliphatic heterocycles. The zero-order valence-electron chi connectivity index (χ0n) is 8.89. The Balaban J connectivity index is 2.18.